The lowest BCUT2D eigenvalue weighted by molar-refractivity contribution is -0.207. The van der Waals surface area contributed by atoms with Crippen LogP contribution in [0.25, 0.3) is 0 Å². The molecule has 0 aliphatic heterocycles. The van der Waals surface area contributed by atoms with Crippen molar-refractivity contribution < 1.29 is 41.8 Å². The Morgan fingerprint density at radius 1 is 0.898 bits per heavy atom. The van der Waals surface area contributed by atoms with Gasteiger partial charge in [0.15, 0.2) is 0 Å². The molecule has 1 unspecified atom stereocenters. The molecule has 1 heterocycles. The Hall–Kier alpha value is -3.97. The number of nitrogens with one attached hydrogen (secondary N) is 3. The minimum absolute atomic E-state index is 0.0306. The van der Waals surface area contributed by atoms with Crippen LogP contribution in [0.3, 0.4) is 0 Å². The molecule has 2 fully saturated rings. The van der Waals surface area contributed by atoms with Crippen molar-refractivity contribution in [3.63, 3.8) is 0 Å². The van der Waals surface area contributed by atoms with Crippen LogP contribution in [-0.4, -0.2) is 56.3 Å². The number of hydrogen-bond donors (Lipinski definition) is 4. The number of carbonyl (C=O) groups excluding carboxylic acids is 3. The van der Waals surface area contributed by atoms with E-state index < -0.39 is 53.2 Å². The second-order valence-corrected chi connectivity index (χ2v) is 13.9. The van der Waals surface area contributed by atoms with Gasteiger partial charge < -0.3 is 21.1 Å². The minimum Gasteiger partial charge on any atom is -0.479 e. The van der Waals surface area contributed by atoms with E-state index in [9.17, 15) is 32.3 Å². The van der Waals surface area contributed by atoms with Gasteiger partial charge in [-0.2, -0.15) is 18.3 Å². The van der Waals surface area contributed by atoms with E-state index in [1.54, 1.807) is 10.7 Å². The number of amides is 3. The predicted octanol–water partition coefficient (Wildman–Crippen LogP) is 6.74. The molecule has 0 saturated heterocycles. The number of nitrogens with zero attached hydrogens (tertiary/aromatic N) is 2. The monoisotopic (exact) mass is 693 g/mol. The Bertz CT molecular complexity index is 1480. The summed E-state index contributed by atoms with van der Waals surface area (Å²) in [6.07, 6.45) is 6.19. The number of benzene rings is 1. The van der Waals surface area contributed by atoms with Crippen LogP contribution in [0.2, 0.25) is 0 Å². The fourth-order valence-electron chi connectivity index (χ4n) is 7.29. The lowest BCUT2D eigenvalue weighted by Gasteiger charge is -2.42. The van der Waals surface area contributed by atoms with Crippen molar-refractivity contribution in [3.05, 3.63) is 47.5 Å². The van der Waals surface area contributed by atoms with E-state index in [1.807, 2.05) is 13.8 Å². The molecule has 3 amide bonds. The number of rotatable bonds is 12. The molecule has 2 aliphatic rings. The highest BCUT2D eigenvalue weighted by Crippen LogP contribution is 2.42. The molecule has 4 rings (SSSR count). The third kappa shape index (κ3) is 8.61. The van der Waals surface area contributed by atoms with Crippen LogP contribution in [0.15, 0.2) is 30.5 Å². The minimum atomic E-state index is -5.29. The van der Waals surface area contributed by atoms with Crippen molar-refractivity contribution in [2.45, 2.75) is 122 Å². The van der Waals surface area contributed by atoms with Crippen molar-refractivity contribution >= 4 is 29.4 Å². The summed E-state index contributed by atoms with van der Waals surface area (Å²) in [5, 5.41) is 20.6. The number of carboxylic acid groups (broad SMARTS) is 1. The van der Waals surface area contributed by atoms with Crippen LogP contribution in [0.4, 0.5) is 23.2 Å². The molecular formula is C35H47F4N5O5. The van der Waals surface area contributed by atoms with E-state index in [-0.39, 0.29) is 35.0 Å². The molecule has 1 aromatic carbocycles. The summed E-state index contributed by atoms with van der Waals surface area (Å²) in [6, 6.07) is 3.89. The lowest BCUT2D eigenvalue weighted by Crippen LogP contribution is -2.62. The number of hydrogen-bond acceptors (Lipinski definition) is 5. The number of aromatic nitrogens is 2. The van der Waals surface area contributed by atoms with Gasteiger partial charge in [-0.3, -0.25) is 19.1 Å². The van der Waals surface area contributed by atoms with Crippen LogP contribution >= 0.6 is 0 Å². The Morgan fingerprint density at radius 2 is 1.47 bits per heavy atom. The number of anilines is 1. The molecule has 2 aromatic rings. The Balaban J connectivity index is 1.62. The zero-order valence-corrected chi connectivity index (χ0v) is 28.4. The molecule has 0 radical (unpaired) electrons. The first kappa shape index (κ1) is 37.8. The molecule has 2 saturated carbocycles. The van der Waals surface area contributed by atoms with E-state index in [0.29, 0.717) is 12.6 Å². The van der Waals surface area contributed by atoms with Gasteiger partial charge in [-0.05, 0) is 69.2 Å². The third-order valence-corrected chi connectivity index (χ3v) is 10.2. The molecule has 0 spiro atoms. The smallest absolute Gasteiger partial charge is 0.422 e. The Morgan fingerprint density at radius 3 is 1.96 bits per heavy atom. The van der Waals surface area contributed by atoms with Gasteiger partial charge in [0.05, 0.1) is 11.6 Å². The normalized spacial score (nSPS) is 18.8. The van der Waals surface area contributed by atoms with E-state index in [0.717, 1.165) is 70.3 Å². The quantitative estimate of drug-likeness (QED) is 0.182. The van der Waals surface area contributed by atoms with Gasteiger partial charge in [0.2, 0.25) is 17.4 Å². The molecule has 4 N–H and O–H groups in total. The van der Waals surface area contributed by atoms with E-state index in [4.69, 9.17) is 5.11 Å². The first-order chi connectivity index (χ1) is 23.0. The van der Waals surface area contributed by atoms with Gasteiger partial charge in [0.1, 0.15) is 17.6 Å². The fraction of sp³-hybridized carbons (Fsp3) is 0.629. The lowest BCUT2D eigenvalue weighted by atomic mass is 9.66. The summed E-state index contributed by atoms with van der Waals surface area (Å²) in [5.41, 5.74) is -3.52. The molecule has 10 nitrogen and oxygen atoms in total. The molecule has 1 aromatic heterocycles. The van der Waals surface area contributed by atoms with Gasteiger partial charge in [-0.1, -0.05) is 70.3 Å². The Kier molecular flexibility index (Phi) is 12.1. The molecule has 270 valence electrons. The highest BCUT2D eigenvalue weighted by Gasteiger charge is 2.58. The highest BCUT2D eigenvalue weighted by atomic mass is 19.4. The van der Waals surface area contributed by atoms with E-state index >= 15 is 4.39 Å². The third-order valence-electron chi connectivity index (χ3n) is 10.2. The SMILES string of the molecule is CC(C)n1nccc1C(=O)N[C@H](C(=O)Nc1ccc([C@H](C)C(=O)NC(C)(C(=O)O)C(F)(F)F)cc1F)C(C1CCCCC1)C1CCCCC1. The van der Waals surface area contributed by atoms with Crippen molar-refractivity contribution in [2.75, 3.05) is 5.32 Å². The standard InChI is InChI=1S/C35H47F4N5O5/c1-20(2)44-27(17-18-40-44)31(46)42-29(28(22-11-7-5-8-12-22)23-13-9-6-10-14-23)32(47)41-26-16-15-24(19-25(26)36)21(3)30(45)43-34(4,33(48)49)35(37,38)39/h15-23,28-29H,5-14H2,1-4H3,(H,41,47)(H,42,46)(H,43,45)(H,48,49)/t21-,29-,34?/m0/s1. The van der Waals surface area contributed by atoms with Crippen molar-refractivity contribution in [1.82, 2.24) is 20.4 Å². The topological polar surface area (TPSA) is 142 Å². The fourth-order valence-corrected chi connectivity index (χ4v) is 7.29. The number of carbonyl (C=O) groups is 4. The van der Waals surface area contributed by atoms with E-state index in [1.165, 1.54) is 30.6 Å². The first-order valence-corrected chi connectivity index (χ1v) is 17.1. The zero-order valence-electron chi connectivity index (χ0n) is 28.4. The van der Waals surface area contributed by atoms with Crippen molar-refractivity contribution in [3.8, 4) is 0 Å². The summed E-state index contributed by atoms with van der Waals surface area (Å²) in [7, 11) is 0. The number of carboxylic acids is 1. The summed E-state index contributed by atoms with van der Waals surface area (Å²) in [6.45, 7) is 5.32. The number of halogens is 4. The van der Waals surface area contributed by atoms with Crippen LogP contribution in [0.1, 0.15) is 120 Å². The van der Waals surface area contributed by atoms with Gasteiger partial charge >= 0.3 is 12.1 Å². The zero-order chi connectivity index (χ0) is 36.1. The molecule has 14 heteroatoms. The van der Waals surface area contributed by atoms with Crippen LogP contribution in [0.5, 0.6) is 0 Å². The summed E-state index contributed by atoms with van der Waals surface area (Å²) in [4.78, 5) is 52.1. The Labute approximate surface area is 283 Å². The van der Waals surface area contributed by atoms with E-state index in [2.05, 4.69) is 15.7 Å². The van der Waals surface area contributed by atoms with Gasteiger partial charge in [0.25, 0.3) is 5.91 Å². The van der Waals surface area contributed by atoms with Crippen molar-refractivity contribution in [2.24, 2.45) is 17.8 Å². The number of alkyl halides is 3. The second kappa shape index (κ2) is 15.7. The molecule has 49 heavy (non-hydrogen) atoms. The maximum atomic E-state index is 15.6. The van der Waals surface area contributed by atoms with Gasteiger partial charge in [-0.25, -0.2) is 9.18 Å². The van der Waals surface area contributed by atoms with Gasteiger partial charge in [-0.15, -0.1) is 0 Å². The molecule has 3 atom stereocenters. The predicted molar refractivity (Wildman–Crippen MR) is 174 cm³/mol. The molecule has 0 bridgehead atoms. The van der Waals surface area contributed by atoms with Gasteiger partial charge in [0, 0.05) is 12.2 Å². The van der Waals surface area contributed by atoms with Crippen LogP contribution < -0.4 is 16.0 Å². The maximum Gasteiger partial charge on any atom is 0.422 e. The van der Waals surface area contributed by atoms with Crippen molar-refractivity contribution in [1.29, 1.82) is 0 Å². The summed E-state index contributed by atoms with van der Waals surface area (Å²) in [5.74, 6) is -6.76. The maximum absolute atomic E-state index is 15.6. The van der Waals surface area contributed by atoms with Crippen LogP contribution in [0, 0.1) is 23.6 Å². The first-order valence-electron chi connectivity index (χ1n) is 17.1. The number of aliphatic carboxylic acids is 1. The summed E-state index contributed by atoms with van der Waals surface area (Å²) < 4.78 is 57.5. The summed E-state index contributed by atoms with van der Waals surface area (Å²) >= 11 is 0. The van der Waals surface area contributed by atoms with Crippen LogP contribution in [-0.2, 0) is 14.4 Å². The molecule has 2 aliphatic carbocycles. The highest BCUT2D eigenvalue weighted by molar-refractivity contribution is 6.01. The second-order valence-electron chi connectivity index (χ2n) is 13.9. The molecular weight excluding hydrogens is 646 g/mol. The average molecular weight is 694 g/mol. The average Bonchev–Trinajstić information content (AvgIpc) is 3.56. The largest absolute Gasteiger partial charge is 0.479 e.